The van der Waals surface area contributed by atoms with Gasteiger partial charge in [-0.05, 0) is 31.2 Å². The summed E-state index contributed by atoms with van der Waals surface area (Å²) in [7, 11) is 0. The van der Waals surface area contributed by atoms with Crippen molar-refractivity contribution in [2.24, 2.45) is 5.92 Å². The number of ether oxygens (including phenoxy) is 1. The number of nitrogens with two attached hydrogens (primary N) is 1. The number of esters is 1. The average Bonchev–Trinajstić information content (AvgIpc) is 2.72. The van der Waals surface area contributed by atoms with Gasteiger partial charge in [-0.3, -0.25) is 4.79 Å². The minimum atomic E-state index is -0.403. The van der Waals surface area contributed by atoms with Crippen LogP contribution in [0.5, 0.6) is 0 Å². The number of carbonyl (C=O) groups excluding carboxylic acids is 2. The van der Waals surface area contributed by atoms with Gasteiger partial charge in [-0.1, -0.05) is 20.8 Å². The number of nitrogens with one attached hydrogen (secondary N) is 1. The molecular formula is C15H24N2O3S. The number of rotatable bonds is 7. The molecule has 0 spiro atoms. The van der Waals surface area contributed by atoms with Crippen LogP contribution in [-0.2, 0) is 11.2 Å². The fourth-order valence-electron chi connectivity index (χ4n) is 2.03. The van der Waals surface area contributed by atoms with Crippen molar-refractivity contribution in [3.63, 3.8) is 0 Å². The minimum absolute atomic E-state index is 0.211. The maximum Gasteiger partial charge on any atom is 0.348 e. The van der Waals surface area contributed by atoms with Crippen molar-refractivity contribution >= 4 is 28.2 Å². The Morgan fingerprint density at radius 3 is 2.52 bits per heavy atom. The molecule has 0 aliphatic heterocycles. The van der Waals surface area contributed by atoms with Crippen molar-refractivity contribution in [3.05, 3.63) is 16.0 Å². The molecule has 1 amide bonds. The molecule has 3 N–H and O–H groups in total. The fraction of sp³-hybridized carbons (Fsp3) is 0.600. The Morgan fingerprint density at radius 2 is 2.00 bits per heavy atom. The molecule has 0 bridgehead atoms. The second-order valence-electron chi connectivity index (χ2n) is 5.22. The average molecular weight is 312 g/mol. The van der Waals surface area contributed by atoms with E-state index < -0.39 is 5.97 Å². The third-order valence-corrected chi connectivity index (χ3v) is 3.91. The van der Waals surface area contributed by atoms with Crippen LogP contribution in [0.25, 0.3) is 0 Å². The molecule has 1 aromatic heterocycles. The molecular weight excluding hydrogens is 288 g/mol. The molecule has 0 radical (unpaired) electrons. The van der Waals surface area contributed by atoms with Gasteiger partial charge in [-0.2, -0.15) is 0 Å². The monoisotopic (exact) mass is 312 g/mol. The number of thiophene rings is 1. The van der Waals surface area contributed by atoms with Gasteiger partial charge in [0.05, 0.1) is 17.2 Å². The van der Waals surface area contributed by atoms with Crippen molar-refractivity contribution in [2.75, 3.05) is 18.9 Å². The summed E-state index contributed by atoms with van der Waals surface area (Å²) in [6.45, 7) is 8.70. The highest BCUT2D eigenvalue weighted by Crippen LogP contribution is 2.33. The van der Waals surface area contributed by atoms with Gasteiger partial charge >= 0.3 is 5.97 Å². The Hall–Kier alpha value is -1.56. The van der Waals surface area contributed by atoms with Crippen LogP contribution >= 0.6 is 11.3 Å². The Kier molecular flexibility index (Phi) is 6.68. The lowest BCUT2D eigenvalue weighted by molar-refractivity contribution is 0.0531. The van der Waals surface area contributed by atoms with E-state index in [0.29, 0.717) is 46.5 Å². The zero-order valence-corrected chi connectivity index (χ0v) is 13.9. The lowest BCUT2D eigenvalue weighted by Gasteiger charge is -2.10. The van der Waals surface area contributed by atoms with Crippen LogP contribution < -0.4 is 11.1 Å². The smallest absolute Gasteiger partial charge is 0.348 e. The quantitative estimate of drug-likeness (QED) is 0.759. The van der Waals surface area contributed by atoms with Gasteiger partial charge in [0.1, 0.15) is 4.88 Å². The van der Waals surface area contributed by atoms with Gasteiger partial charge in [0, 0.05) is 6.54 Å². The van der Waals surface area contributed by atoms with Crippen molar-refractivity contribution < 1.29 is 14.3 Å². The first-order chi connectivity index (χ1) is 9.92. The Morgan fingerprint density at radius 1 is 1.33 bits per heavy atom. The molecule has 1 aromatic rings. The van der Waals surface area contributed by atoms with E-state index in [1.165, 1.54) is 0 Å². The second kappa shape index (κ2) is 8.02. The van der Waals surface area contributed by atoms with Gasteiger partial charge in [0.2, 0.25) is 0 Å². The topological polar surface area (TPSA) is 81.4 Å². The maximum absolute atomic E-state index is 12.3. The number of amides is 1. The van der Waals surface area contributed by atoms with Gasteiger partial charge < -0.3 is 15.8 Å². The van der Waals surface area contributed by atoms with E-state index in [0.717, 1.165) is 17.8 Å². The summed E-state index contributed by atoms with van der Waals surface area (Å²) in [4.78, 5) is 24.8. The lowest BCUT2D eigenvalue weighted by atomic mass is 9.98. The van der Waals surface area contributed by atoms with Crippen LogP contribution in [0.15, 0.2) is 0 Å². The number of hydrogen-bond donors (Lipinski definition) is 2. The Bertz CT molecular complexity index is 509. The highest BCUT2D eigenvalue weighted by atomic mass is 32.1. The standard InChI is InChI=1S/C15H24N2O3S/c1-5-7-17-14(18)11-10(8-9(3)4)12(21-13(11)16)15(19)20-6-2/h9H,5-8,16H2,1-4H3,(H,17,18). The summed E-state index contributed by atoms with van der Waals surface area (Å²) in [6, 6.07) is 0. The van der Waals surface area contributed by atoms with Crippen LogP contribution in [0.1, 0.15) is 59.7 Å². The molecule has 118 valence electrons. The summed E-state index contributed by atoms with van der Waals surface area (Å²) in [6.07, 6.45) is 1.47. The molecule has 0 fully saturated rings. The summed E-state index contributed by atoms with van der Waals surface area (Å²) in [5.41, 5.74) is 7.12. The number of hydrogen-bond acceptors (Lipinski definition) is 5. The predicted octanol–water partition coefficient (Wildman–Crippen LogP) is 2.85. The molecule has 0 aliphatic rings. The SMILES string of the molecule is CCCNC(=O)c1c(N)sc(C(=O)OCC)c1CC(C)C. The molecule has 0 aliphatic carbocycles. The third kappa shape index (κ3) is 4.46. The third-order valence-electron chi connectivity index (χ3n) is 2.87. The molecule has 1 rings (SSSR count). The number of anilines is 1. The molecule has 21 heavy (non-hydrogen) atoms. The zero-order valence-electron chi connectivity index (χ0n) is 13.1. The molecule has 0 atom stereocenters. The van der Waals surface area contributed by atoms with E-state index in [9.17, 15) is 9.59 Å². The van der Waals surface area contributed by atoms with Gasteiger partial charge in [-0.25, -0.2) is 4.79 Å². The van der Waals surface area contributed by atoms with Gasteiger partial charge in [0.25, 0.3) is 5.91 Å². The largest absolute Gasteiger partial charge is 0.462 e. The Balaban J connectivity index is 3.21. The number of carbonyl (C=O) groups is 2. The van der Waals surface area contributed by atoms with E-state index >= 15 is 0 Å². The van der Waals surface area contributed by atoms with Crippen molar-refractivity contribution in [1.29, 1.82) is 0 Å². The first-order valence-electron chi connectivity index (χ1n) is 7.28. The van der Waals surface area contributed by atoms with Crippen LogP contribution in [0.4, 0.5) is 5.00 Å². The molecule has 1 heterocycles. The van der Waals surface area contributed by atoms with E-state index in [1.807, 2.05) is 20.8 Å². The van der Waals surface area contributed by atoms with E-state index in [1.54, 1.807) is 6.92 Å². The van der Waals surface area contributed by atoms with Crippen molar-refractivity contribution in [2.45, 2.75) is 40.5 Å². The number of nitrogen functional groups attached to an aromatic ring is 1. The first kappa shape index (κ1) is 17.5. The van der Waals surface area contributed by atoms with Crippen molar-refractivity contribution in [1.82, 2.24) is 5.32 Å². The van der Waals surface area contributed by atoms with E-state index in [2.05, 4.69) is 5.32 Å². The van der Waals surface area contributed by atoms with Crippen LogP contribution in [0, 0.1) is 5.92 Å². The minimum Gasteiger partial charge on any atom is -0.462 e. The van der Waals surface area contributed by atoms with Gasteiger partial charge in [0.15, 0.2) is 0 Å². The first-order valence-corrected chi connectivity index (χ1v) is 8.10. The fourth-order valence-corrected chi connectivity index (χ4v) is 3.01. The lowest BCUT2D eigenvalue weighted by Crippen LogP contribution is -2.26. The van der Waals surface area contributed by atoms with E-state index in [-0.39, 0.29) is 5.91 Å². The normalized spacial score (nSPS) is 10.7. The van der Waals surface area contributed by atoms with Gasteiger partial charge in [-0.15, -0.1) is 11.3 Å². The highest BCUT2D eigenvalue weighted by molar-refractivity contribution is 7.18. The molecule has 0 aromatic carbocycles. The molecule has 0 unspecified atom stereocenters. The molecule has 0 saturated carbocycles. The van der Waals surface area contributed by atoms with Crippen LogP contribution in [0.2, 0.25) is 0 Å². The summed E-state index contributed by atoms with van der Waals surface area (Å²) in [5, 5.41) is 3.20. The summed E-state index contributed by atoms with van der Waals surface area (Å²) < 4.78 is 5.06. The molecule has 0 saturated heterocycles. The zero-order chi connectivity index (χ0) is 16.0. The molecule has 6 heteroatoms. The molecule has 5 nitrogen and oxygen atoms in total. The predicted molar refractivity (Wildman–Crippen MR) is 85.9 cm³/mol. The Labute approximate surface area is 129 Å². The highest BCUT2D eigenvalue weighted by Gasteiger charge is 2.26. The van der Waals surface area contributed by atoms with Crippen molar-refractivity contribution in [3.8, 4) is 0 Å². The van der Waals surface area contributed by atoms with Crippen LogP contribution in [0.3, 0.4) is 0 Å². The summed E-state index contributed by atoms with van der Waals surface area (Å²) >= 11 is 1.14. The van der Waals surface area contributed by atoms with Crippen LogP contribution in [-0.4, -0.2) is 25.0 Å². The summed E-state index contributed by atoms with van der Waals surface area (Å²) in [5.74, 6) is -0.305. The van der Waals surface area contributed by atoms with E-state index in [4.69, 9.17) is 10.5 Å². The second-order valence-corrected chi connectivity index (χ2v) is 6.28. The maximum atomic E-state index is 12.3.